The third-order valence-corrected chi connectivity index (χ3v) is 3.40. The summed E-state index contributed by atoms with van der Waals surface area (Å²) in [5.74, 6) is -1.12. The van der Waals surface area contributed by atoms with Gasteiger partial charge in [0.05, 0.1) is 6.61 Å². The highest BCUT2D eigenvalue weighted by atomic mass is 19.4. The van der Waals surface area contributed by atoms with Gasteiger partial charge in [-0.3, -0.25) is 9.69 Å². The Kier molecular flexibility index (Phi) is 4.03. The molecule has 7 heteroatoms. The maximum absolute atomic E-state index is 12.8. The van der Waals surface area contributed by atoms with Gasteiger partial charge in [-0.25, -0.2) is 0 Å². The van der Waals surface area contributed by atoms with E-state index in [2.05, 4.69) is 0 Å². The maximum Gasteiger partial charge on any atom is 0.397 e. The fraction of sp³-hybridized carbons (Fsp3) is 0.900. The van der Waals surface area contributed by atoms with Gasteiger partial charge in [0.1, 0.15) is 11.5 Å². The number of carbonyl (C=O) groups is 1. The average molecular weight is 255 g/mol. The lowest BCUT2D eigenvalue weighted by atomic mass is 9.87. The number of rotatable bonds is 4. The predicted octanol–water partition coefficient (Wildman–Crippen LogP) is 1.10. The monoisotopic (exact) mass is 255 g/mol. The third kappa shape index (κ3) is 2.55. The van der Waals surface area contributed by atoms with Crippen molar-refractivity contribution in [2.75, 3.05) is 19.7 Å². The average Bonchev–Trinajstić information content (AvgIpc) is 2.63. The van der Waals surface area contributed by atoms with Crippen LogP contribution < -0.4 is 0 Å². The summed E-state index contributed by atoms with van der Waals surface area (Å²) in [6, 6.07) is -0.911. The molecule has 1 rings (SSSR count). The van der Waals surface area contributed by atoms with Crippen molar-refractivity contribution in [3.8, 4) is 0 Å². The fourth-order valence-corrected chi connectivity index (χ4v) is 2.21. The van der Waals surface area contributed by atoms with Gasteiger partial charge in [-0.1, -0.05) is 6.92 Å². The third-order valence-electron chi connectivity index (χ3n) is 3.40. The second-order valence-electron chi connectivity index (χ2n) is 4.42. The Balaban J connectivity index is 2.84. The molecule has 0 aliphatic carbocycles. The van der Waals surface area contributed by atoms with E-state index in [0.29, 0.717) is 0 Å². The van der Waals surface area contributed by atoms with Crippen molar-refractivity contribution in [2.45, 2.75) is 32.0 Å². The Morgan fingerprint density at radius 1 is 1.53 bits per heavy atom. The highest BCUT2D eigenvalue weighted by Gasteiger charge is 2.58. The highest BCUT2D eigenvalue weighted by Crippen LogP contribution is 2.45. The molecule has 1 heterocycles. The summed E-state index contributed by atoms with van der Waals surface area (Å²) in [5.41, 5.74) is -2.17. The van der Waals surface area contributed by atoms with Crippen LogP contribution in [-0.4, -0.2) is 53.0 Å². The van der Waals surface area contributed by atoms with Gasteiger partial charge in [0.2, 0.25) is 0 Å². The Bertz CT molecular complexity index is 295. The van der Waals surface area contributed by atoms with Crippen LogP contribution in [0.2, 0.25) is 0 Å². The molecule has 100 valence electrons. The number of hydrogen-bond donors (Lipinski definition) is 2. The van der Waals surface area contributed by atoms with Crippen molar-refractivity contribution in [2.24, 2.45) is 5.41 Å². The van der Waals surface area contributed by atoms with Crippen molar-refractivity contribution < 1.29 is 28.2 Å². The van der Waals surface area contributed by atoms with Crippen LogP contribution in [-0.2, 0) is 4.79 Å². The molecule has 0 aromatic carbocycles. The molecule has 0 bridgehead atoms. The van der Waals surface area contributed by atoms with Crippen LogP contribution in [0.3, 0.4) is 0 Å². The number of alkyl halides is 3. The second-order valence-corrected chi connectivity index (χ2v) is 4.42. The molecule has 1 fully saturated rings. The SMILES string of the molecule is CCC(C(=O)O)N1CCC(CO)(C(F)(F)F)C1. The van der Waals surface area contributed by atoms with E-state index in [4.69, 9.17) is 10.2 Å². The quantitative estimate of drug-likeness (QED) is 0.789. The standard InChI is InChI=1S/C10H16F3NO3/c1-2-7(8(16)17)14-4-3-9(5-14,6-15)10(11,12)13/h7,15H,2-6H2,1H3,(H,16,17). The molecule has 0 radical (unpaired) electrons. The summed E-state index contributed by atoms with van der Waals surface area (Å²) in [4.78, 5) is 12.2. The Hall–Kier alpha value is -0.820. The summed E-state index contributed by atoms with van der Waals surface area (Å²) in [6.07, 6.45) is -4.52. The number of aliphatic hydroxyl groups is 1. The van der Waals surface area contributed by atoms with Crippen LogP contribution in [0.25, 0.3) is 0 Å². The zero-order valence-electron chi connectivity index (χ0n) is 9.50. The zero-order valence-corrected chi connectivity index (χ0v) is 9.50. The maximum atomic E-state index is 12.8. The van der Waals surface area contributed by atoms with Gasteiger partial charge in [-0.05, 0) is 12.8 Å². The lowest BCUT2D eigenvalue weighted by molar-refractivity contribution is -0.231. The second kappa shape index (κ2) is 4.81. The minimum absolute atomic E-state index is 0.0465. The molecular weight excluding hydrogens is 239 g/mol. The van der Waals surface area contributed by atoms with E-state index < -0.39 is 36.8 Å². The topological polar surface area (TPSA) is 60.8 Å². The molecule has 0 aromatic rings. The van der Waals surface area contributed by atoms with Crippen molar-refractivity contribution in [3.63, 3.8) is 0 Å². The number of hydrogen-bond acceptors (Lipinski definition) is 3. The molecule has 0 saturated carbocycles. The molecule has 1 aliphatic heterocycles. The van der Waals surface area contributed by atoms with E-state index in [1.54, 1.807) is 6.92 Å². The van der Waals surface area contributed by atoms with Gasteiger partial charge >= 0.3 is 12.1 Å². The number of halogens is 3. The predicted molar refractivity (Wildman–Crippen MR) is 53.5 cm³/mol. The molecule has 17 heavy (non-hydrogen) atoms. The van der Waals surface area contributed by atoms with Gasteiger partial charge in [0.25, 0.3) is 0 Å². The molecule has 2 atom stereocenters. The van der Waals surface area contributed by atoms with Crippen LogP contribution in [0.4, 0.5) is 13.2 Å². The van der Waals surface area contributed by atoms with Crippen LogP contribution in [0.5, 0.6) is 0 Å². The number of aliphatic hydroxyl groups excluding tert-OH is 1. The van der Waals surface area contributed by atoms with Crippen LogP contribution in [0.1, 0.15) is 19.8 Å². The first-order valence-electron chi connectivity index (χ1n) is 5.42. The van der Waals surface area contributed by atoms with Crippen molar-refractivity contribution in [1.29, 1.82) is 0 Å². The molecule has 0 aromatic heterocycles. The Labute approximate surface area is 97.0 Å². The number of nitrogens with zero attached hydrogens (tertiary/aromatic N) is 1. The van der Waals surface area contributed by atoms with Crippen LogP contribution >= 0.6 is 0 Å². The van der Waals surface area contributed by atoms with E-state index in [9.17, 15) is 18.0 Å². The van der Waals surface area contributed by atoms with Gasteiger partial charge in [-0.15, -0.1) is 0 Å². The van der Waals surface area contributed by atoms with Crippen LogP contribution in [0.15, 0.2) is 0 Å². The van der Waals surface area contributed by atoms with Crippen molar-refractivity contribution in [3.05, 3.63) is 0 Å². The van der Waals surface area contributed by atoms with Crippen LogP contribution in [0, 0.1) is 5.41 Å². The highest BCUT2D eigenvalue weighted by molar-refractivity contribution is 5.73. The smallest absolute Gasteiger partial charge is 0.397 e. The van der Waals surface area contributed by atoms with E-state index in [-0.39, 0.29) is 19.4 Å². The summed E-state index contributed by atoms with van der Waals surface area (Å²) < 4.78 is 38.5. The van der Waals surface area contributed by atoms with E-state index in [0.717, 1.165) is 0 Å². The lowest BCUT2D eigenvalue weighted by Crippen LogP contribution is -2.46. The lowest BCUT2D eigenvalue weighted by Gasteiger charge is -2.31. The molecule has 4 nitrogen and oxygen atoms in total. The van der Waals surface area contributed by atoms with E-state index >= 15 is 0 Å². The van der Waals surface area contributed by atoms with Gasteiger partial charge in [-0.2, -0.15) is 13.2 Å². The molecule has 2 unspecified atom stereocenters. The summed E-state index contributed by atoms with van der Waals surface area (Å²) in [7, 11) is 0. The minimum atomic E-state index is -4.51. The molecule has 1 saturated heterocycles. The van der Waals surface area contributed by atoms with E-state index in [1.807, 2.05) is 0 Å². The summed E-state index contributed by atoms with van der Waals surface area (Å²) >= 11 is 0. The number of likely N-dealkylation sites (tertiary alicyclic amines) is 1. The number of aliphatic carboxylic acids is 1. The number of carboxylic acids is 1. The molecule has 1 aliphatic rings. The molecule has 0 spiro atoms. The van der Waals surface area contributed by atoms with Crippen molar-refractivity contribution in [1.82, 2.24) is 4.90 Å². The first kappa shape index (κ1) is 14.2. The largest absolute Gasteiger partial charge is 0.480 e. The number of carboxylic acid groups (broad SMARTS) is 1. The summed E-state index contributed by atoms with van der Waals surface area (Å²) in [6.45, 7) is 0.219. The van der Waals surface area contributed by atoms with Gasteiger partial charge in [0, 0.05) is 13.1 Å². The van der Waals surface area contributed by atoms with Crippen molar-refractivity contribution >= 4 is 5.97 Å². The molecule has 0 amide bonds. The molecular formula is C10H16F3NO3. The van der Waals surface area contributed by atoms with Gasteiger partial charge < -0.3 is 10.2 Å². The van der Waals surface area contributed by atoms with E-state index in [1.165, 1.54) is 4.90 Å². The first-order valence-corrected chi connectivity index (χ1v) is 5.42. The summed E-state index contributed by atoms with van der Waals surface area (Å²) in [5, 5.41) is 17.9. The minimum Gasteiger partial charge on any atom is -0.480 e. The fourth-order valence-electron chi connectivity index (χ4n) is 2.21. The normalized spacial score (nSPS) is 28.3. The Morgan fingerprint density at radius 3 is 2.41 bits per heavy atom. The molecule has 2 N–H and O–H groups in total. The first-order chi connectivity index (χ1) is 7.77. The zero-order chi connectivity index (χ0) is 13.3. The van der Waals surface area contributed by atoms with Gasteiger partial charge in [0.15, 0.2) is 0 Å². The Morgan fingerprint density at radius 2 is 2.12 bits per heavy atom.